The van der Waals surface area contributed by atoms with Gasteiger partial charge >= 0.3 is 0 Å². The zero-order valence-electron chi connectivity index (χ0n) is 23.2. The summed E-state index contributed by atoms with van der Waals surface area (Å²) in [6, 6.07) is 21.2. The number of hydrogen-bond acceptors (Lipinski definition) is 6. The molecular formula is C32H33N3O6. The molecule has 41 heavy (non-hydrogen) atoms. The second-order valence-electron chi connectivity index (χ2n) is 10.3. The van der Waals surface area contributed by atoms with E-state index in [1.54, 1.807) is 54.5 Å². The highest BCUT2D eigenvalue weighted by Gasteiger charge is 2.48. The summed E-state index contributed by atoms with van der Waals surface area (Å²) in [5.74, 6) is -1.11. The molecule has 9 heteroatoms. The Labute approximate surface area is 239 Å². The van der Waals surface area contributed by atoms with E-state index in [4.69, 9.17) is 9.47 Å². The van der Waals surface area contributed by atoms with Crippen molar-refractivity contribution in [2.45, 2.75) is 44.2 Å². The average molecular weight is 556 g/mol. The van der Waals surface area contributed by atoms with Crippen LogP contribution in [0, 0.1) is 0 Å². The molecule has 1 fully saturated rings. The Balaban J connectivity index is 1.52. The lowest BCUT2D eigenvalue weighted by Crippen LogP contribution is -2.61. The predicted octanol–water partition coefficient (Wildman–Crippen LogP) is 4.60. The first-order valence-corrected chi connectivity index (χ1v) is 13.7. The first kappa shape index (κ1) is 27.9. The molecule has 1 aliphatic carbocycles. The van der Waals surface area contributed by atoms with E-state index in [-0.39, 0.29) is 24.6 Å². The van der Waals surface area contributed by atoms with Gasteiger partial charge in [-0.3, -0.25) is 24.1 Å². The molecule has 1 N–H and O–H groups in total. The first-order chi connectivity index (χ1) is 19.9. The number of fused-ring (bicyclic) bond motifs is 1. The quantitative estimate of drug-likeness (QED) is 0.387. The van der Waals surface area contributed by atoms with Crippen LogP contribution in [0.5, 0.6) is 11.5 Å². The molecule has 1 aliphatic heterocycles. The van der Waals surface area contributed by atoms with Crippen LogP contribution in [0.3, 0.4) is 0 Å². The molecule has 212 valence electrons. The Morgan fingerprint density at radius 2 is 1.61 bits per heavy atom. The Morgan fingerprint density at radius 1 is 0.902 bits per heavy atom. The van der Waals surface area contributed by atoms with E-state index in [0.29, 0.717) is 35.7 Å². The van der Waals surface area contributed by atoms with Gasteiger partial charge in [0.1, 0.15) is 23.6 Å². The maximum Gasteiger partial charge on any atom is 0.299 e. The lowest BCUT2D eigenvalue weighted by atomic mass is 9.78. The van der Waals surface area contributed by atoms with Crippen molar-refractivity contribution in [3.05, 3.63) is 83.9 Å². The molecule has 3 amide bonds. The molecule has 0 unspecified atom stereocenters. The van der Waals surface area contributed by atoms with Crippen molar-refractivity contribution in [1.82, 2.24) is 4.90 Å². The van der Waals surface area contributed by atoms with E-state index in [2.05, 4.69) is 5.32 Å². The van der Waals surface area contributed by atoms with E-state index in [9.17, 15) is 19.2 Å². The van der Waals surface area contributed by atoms with Gasteiger partial charge in [-0.2, -0.15) is 0 Å². The molecule has 1 saturated carbocycles. The van der Waals surface area contributed by atoms with Crippen LogP contribution < -0.4 is 19.7 Å². The van der Waals surface area contributed by atoms with Crippen molar-refractivity contribution in [2.24, 2.45) is 0 Å². The molecule has 2 aliphatic rings. The SMILES string of the molecule is COc1ccc(NC(=O)C2(N(Cc3ccccc3)C(=O)CN3C(=O)C(=O)c4ccccc43)CCCCC2)c(OC)c1. The standard InChI is InChI=1S/C32H33N3O6/c1-40-23-15-16-25(27(19-23)41-2)33-31(39)32(17-9-4-10-18-32)35(20-22-11-5-3-6-12-22)28(36)21-34-26-14-8-7-13-24(26)29(37)30(34)38/h3,5-8,11-16,19H,4,9-10,17-18,20-21H2,1-2H3,(H,33,39). The monoisotopic (exact) mass is 555 g/mol. The number of nitrogens with one attached hydrogen (secondary N) is 1. The Bertz CT molecular complexity index is 1470. The summed E-state index contributed by atoms with van der Waals surface area (Å²) in [7, 11) is 3.06. The van der Waals surface area contributed by atoms with E-state index in [1.165, 1.54) is 12.0 Å². The maximum absolute atomic E-state index is 14.3. The fourth-order valence-corrected chi connectivity index (χ4v) is 5.77. The van der Waals surface area contributed by atoms with Crippen LogP contribution in [-0.4, -0.2) is 54.7 Å². The second kappa shape index (κ2) is 11.8. The van der Waals surface area contributed by atoms with Gasteiger partial charge in [0.05, 0.1) is 31.2 Å². The largest absolute Gasteiger partial charge is 0.497 e. The Hall–Kier alpha value is -4.66. The van der Waals surface area contributed by atoms with Crippen LogP contribution in [-0.2, 0) is 20.9 Å². The van der Waals surface area contributed by atoms with E-state index >= 15 is 0 Å². The van der Waals surface area contributed by atoms with Crippen LogP contribution in [0.15, 0.2) is 72.8 Å². The van der Waals surface area contributed by atoms with Crippen LogP contribution >= 0.6 is 0 Å². The van der Waals surface area contributed by atoms with Gasteiger partial charge in [-0.05, 0) is 42.7 Å². The van der Waals surface area contributed by atoms with Crippen molar-refractivity contribution >= 4 is 34.9 Å². The molecule has 5 rings (SSSR count). The minimum absolute atomic E-state index is 0.171. The molecule has 0 atom stereocenters. The van der Waals surface area contributed by atoms with Gasteiger partial charge in [0.15, 0.2) is 0 Å². The number of ketones is 1. The molecule has 0 bridgehead atoms. The fraction of sp³-hybridized carbons (Fsp3) is 0.312. The van der Waals surface area contributed by atoms with Crippen molar-refractivity contribution < 1.29 is 28.7 Å². The average Bonchev–Trinajstić information content (AvgIpc) is 3.25. The number of hydrogen-bond donors (Lipinski definition) is 1. The van der Waals surface area contributed by atoms with Crippen molar-refractivity contribution in [3.63, 3.8) is 0 Å². The van der Waals surface area contributed by atoms with Crippen LogP contribution in [0.2, 0.25) is 0 Å². The minimum atomic E-state index is -1.18. The fourth-order valence-electron chi connectivity index (χ4n) is 5.77. The molecule has 1 heterocycles. The van der Waals surface area contributed by atoms with E-state index in [1.807, 2.05) is 30.3 Å². The zero-order valence-corrected chi connectivity index (χ0v) is 23.2. The number of carbonyl (C=O) groups is 4. The third-order valence-corrected chi connectivity index (χ3v) is 7.93. The van der Waals surface area contributed by atoms with Crippen LogP contribution in [0.25, 0.3) is 0 Å². The van der Waals surface area contributed by atoms with Crippen molar-refractivity contribution in [3.8, 4) is 11.5 Å². The molecule has 0 radical (unpaired) electrons. The van der Waals surface area contributed by atoms with Crippen LogP contribution in [0.1, 0.15) is 48.0 Å². The van der Waals surface area contributed by atoms with Gasteiger partial charge < -0.3 is 19.7 Å². The number of nitrogens with zero attached hydrogens (tertiary/aromatic N) is 2. The second-order valence-corrected chi connectivity index (χ2v) is 10.3. The van der Waals surface area contributed by atoms with Gasteiger partial charge in [0, 0.05) is 12.6 Å². The summed E-state index contributed by atoms with van der Waals surface area (Å²) in [4.78, 5) is 56.9. The highest BCUT2D eigenvalue weighted by atomic mass is 16.5. The summed E-state index contributed by atoms with van der Waals surface area (Å²) >= 11 is 0. The highest BCUT2D eigenvalue weighted by molar-refractivity contribution is 6.52. The first-order valence-electron chi connectivity index (χ1n) is 13.7. The Kier molecular flexibility index (Phi) is 8.05. The minimum Gasteiger partial charge on any atom is -0.497 e. The number of benzene rings is 3. The molecule has 0 aromatic heterocycles. The maximum atomic E-state index is 14.3. The summed E-state index contributed by atoms with van der Waals surface area (Å²) in [6.07, 6.45) is 3.38. The molecule has 9 nitrogen and oxygen atoms in total. The number of ether oxygens (including phenoxy) is 2. The smallest absolute Gasteiger partial charge is 0.299 e. The summed E-state index contributed by atoms with van der Waals surface area (Å²) < 4.78 is 10.8. The molecule has 3 aromatic carbocycles. The summed E-state index contributed by atoms with van der Waals surface area (Å²) in [5.41, 5.74) is 0.814. The van der Waals surface area contributed by atoms with Gasteiger partial charge in [-0.25, -0.2) is 0 Å². The van der Waals surface area contributed by atoms with Gasteiger partial charge in [-0.15, -0.1) is 0 Å². The molecule has 3 aromatic rings. The number of Topliss-reactive ketones (excluding diaryl/α,β-unsaturated/α-hetero) is 1. The van der Waals surface area contributed by atoms with Crippen molar-refractivity contribution in [1.29, 1.82) is 0 Å². The Morgan fingerprint density at radius 3 is 2.32 bits per heavy atom. The number of methoxy groups -OCH3 is 2. The van der Waals surface area contributed by atoms with Crippen LogP contribution in [0.4, 0.5) is 11.4 Å². The summed E-state index contributed by atoms with van der Waals surface area (Å²) in [6.45, 7) is -0.181. The van der Waals surface area contributed by atoms with E-state index in [0.717, 1.165) is 24.8 Å². The van der Waals surface area contributed by atoms with E-state index < -0.39 is 23.1 Å². The normalized spacial score (nSPS) is 15.7. The lowest BCUT2D eigenvalue weighted by Gasteiger charge is -2.45. The molecule has 0 spiro atoms. The van der Waals surface area contributed by atoms with Gasteiger partial charge in [0.2, 0.25) is 11.8 Å². The number of para-hydroxylation sites is 1. The van der Waals surface area contributed by atoms with Gasteiger partial charge in [0.25, 0.3) is 11.7 Å². The third-order valence-electron chi connectivity index (χ3n) is 7.93. The van der Waals surface area contributed by atoms with Crippen molar-refractivity contribution in [2.75, 3.05) is 31.0 Å². The third kappa shape index (κ3) is 5.39. The number of anilines is 2. The highest BCUT2D eigenvalue weighted by Crippen LogP contribution is 2.38. The number of carbonyl (C=O) groups excluding carboxylic acids is 4. The number of rotatable bonds is 9. The van der Waals surface area contributed by atoms with Gasteiger partial charge in [-0.1, -0.05) is 61.7 Å². The zero-order chi connectivity index (χ0) is 29.0. The molecule has 0 saturated heterocycles. The topological polar surface area (TPSA) is 105 Å². The lowest BCUT2D eigenvalue weighted by molar-refractivity contribution is -0.148. The molecular weight excluding hydrogens is 522 g/mol. The summed E-state index contributed by atoms with van der Waals surface area (Å²) in [5, 5.41) is 3.02. The predicted molar refractivity (Wildman–Crippen MR) is 154 cm³/mol. The number of amides is 3.